The lowest BCUT2D eigenvalue weighted by Crippen LogP contribution is -2.35. The van der Waals surface area contributed by atoms with Crippen molar-refractivity contribution in [1.82, 2.24) is 24.4 Å². The van der Waals surface area contributed by atoms with E-state index in [-0.39, 0.29) is 0 Å². The Kier molecular flexibility index (Phi) is 7.02. The van der Waals surface area contributed by atoms with Crippen LogP contribution in [-0.4, -0.2) is 57.1 Å². The first-order valence-corrected chi connectivity index (χ1v) is 12.9. The van der Waals surface area contributed by atoms with Gasteiger partial charge in [0.2, 0.25) is 0 Å². The lowest BCUT2D eigenvalue weighted by Gasteiger charge is -2.34. The fourth-order valence-electron chi connectivity index (χ4n) is 5.35. The van der Waals surface area contributed by atoms with Gasteiger partial charge in [0.05, 0.1) is 5.69 Å². The summed E-state index contributed by atoms with van der Waals surface area (Å²) in [6, 6.07) is 8.01. The summed E-state index contributed by atoms with van der Waals surface area (Å²) in [4.78, 5) is 18.8. The van der Waals surface area contributed by atoms with Crippen LogP contribution in [0.25, 0.3) is 11.3 Å². The quantitative estimate of drug-likeness (QED) is 0.533. The average Bonchev–Trinajstić information content (AvgIpc) is 3.53. The smallest absolute Gasteiger partial charge is 0.137 e. The molecule has 4 heterocycles. The van der Waals surface area contributed by atoms with Crippen molar-refractivity contribution in [1.29, 1.82) is 0 Å². The Morgan fingerprint density at radius 2 is 1.85 bits per heavy atom. The van der Waals surface area contributed by atoms with E-state index in [1.807, 2.05) is 18.2 Å². The first-order chi connectivity index (χ1) is 16.6. The molecular formula is C26H34ClN7. The van der Waals surface area contributed by atoms with Crippen LogP contribution in [0.15, 0.2) is 36.8 Å². The van der Waals surface area contributed by atoms with Gasteiger partial charge in [-0.05, 0) is 57.3 Å². The molecule has 0 radical (unpaired) electrons. The molecule has 8 heteroatoms. The summed E-state index contributed by atoms with van der Waals surface area (Å²) < 4.78 is 2.40. The molecule has 2 aromatic heterocycles. The van der Waals surface area contributed by atoms with Crippen molar-refractivity contribution in [2.45, 2.75) is 51.5 Å². The number of halogens is 1. The highest BCUT2D eigenvalue weighted by atomic mass is 35.5. The molecule has 7 nitrogen and oxygen atoms in total. The van der Waals surface area contributed by atoms with E-state index in [2.05, 4.69) is 43.5 Å². The number of nitrogens with two attached hydrogens (primary N) is 1. The van der Waals surface area contributed by atoms with E-state index in [1.165, 1.54) is 31.8 Å². The van der Waals surface area contributed by atoms with Gasteiger partial charge in [-0.1, -0.05) is 30.7 Å². The van der Waals surface area contributed by atoms with Crippen molar-refractivity contribution in [3.05, 3.63) is 53.2 Å². The maximum atomic E-state index is 6.28. The normalized spacial score (nSPS) is 17.5. The van der Waals surface area contributed by atoms with Gasteiger partial charge >= 0.3 is 0 Å². The highest BCUT2D eigenvalue weighted by molar-refractivity contribution is 6.30. The summed E-state index contributed by atoms with van der Waals surface area (Å²) >= 11 is 6.28. The summed E-state index contributed by atoms with van der Waals surface area (Å²) in [5.74, 6) is 3.21. The van der Waals surface area contributed by atoms with Crippen LogP contribution in [-0.2, 0) is 13.0 Å². The lowest BCUT2D eigenvalue weighted by atomic mass is 9.95. The van der Waals surface area contributed by atoms with Gasteiger partial charge in [0, 0.05) is 54.4 Å². The number of imidazole rings is 1. The highest BCUT2D eigenvalue weighted by Crippen LogP contribution is 2.33. The number of anilines is 2. The van der Waals surface area contributed by atoms with Gasteiger partial charge < -0.3 is 20.1 Å². The van der Waals surface area contributed by atoms with Crippen molar-refractivity contribution >= 4 is 23.2 Å². The van der Waals surface area contributed by atoms with E-state index in [0.29, 0.717) is 11.7 Å². The van der Waals surface area contributed by atoms with E-state index in [0.717, 1.165) is 73.1 Å². The topological polar surface area (TPSA) is 76.1 Å². The Hall–Kier alpha value is -2.64. The Morgan fingerprint density at radius 1 is 1.06 bits per heavy atom. The van der Waals surface area contributed by atoms with Gasteiger partial charge in [0.15, 0.2) is 0 Å². The minimum absolute atomic E-state index is 0.423. The van der Waals surface area contributed by atoms with E-state index >= 15 is 0 Å². The molecule has 2 fully saturated rings. The number of benzene rings is 1. The molecule has 2 saturated heterocycles. The van der Waals surface area contributed by atoms with E-state index in [4.69, 9.17) is 22.3 Å². The molecular weight excluding hydrogens is 446 g/mol. The van der Waals surface area contributed by atoms with E-state index in [9.17, 15) is 0 Å². The van der Waals surface area contributed by atoms with Gasteiger partial charge in [-0.2, -0.15) is 0 Å². The molecule has 1 aromatic carbocycles. The van der Waals surface area contributed by atoms with Crippen molar-refractivity contribution in [3.8, 4) is 11.3 Å². The fourth-order valence-corrected chi connectivity index (χ4v) is 5.55. The van der Waals surface area contributed by atoms with Crippen molar-refractivity contribution < 1.29 is 0 Å². The minimum Gasteiger partial charge on any atom is -0.383 e. The average molecular weight is 480 g/mol. The molecule has 2 N–H and O–H groups in total. The Balaban J connectivity index is 1.36. The zero-order valence-electron chi connectivity index (χ0n) is 20.0. The maximum Gasteiger partial charge on any atom is 0.137 e. The molecule has 0 unspecified atom stereocenters. The Morgan fingerprint density at radius 3 is 2.59 bits per heavy atom. The van der Waals surface area contributed by atoms with Crippen LogP contribution in [0.3, 0.4) is 0 Å². The largest absolute Gasteiger partial charge is 0.383 e. The van der Waals surface area contributed by atoms with Crippen LogP contribution in [0.2, 0.25) is 5.02 Å². The zero-order valence-corrected chi connectivity index (χ0v) is 20.7. The number of aromatic nitrogens is 4. The highest BCUT2D eigenvalue weighted by Gasteiger charge is 2.27. The summed E-state index contributed by atoms with van der Waals surface area (Å²) in [6.07, 6.45) is 9.37. The summed E-state index contributed by atoms with van der Waals surface area (Å²) in [5.41, 5.74) is 9.27. The molecule has 0 amide bonds. The summed E-state index contributed by atoms with van der Waals surface area (Å²) in [7, 11) is 0. The number of rotatable bonds is 7. The number of piperidine rings is 1. The number of likely N-dealkylation sites (tertiary alicyclic amines) is 1. The minimum atomic E-state index is 0.423. The van der Waals surface area contributed by atoms with Gasteiger partial charge in [-0.3, -0.25) is 0 Å². The molecule has 5 rings (SSSR count). The van der Waals surface area contributed by atoms with Crippen LogP contribution in [0.5, 0.6) is 0 Å². The molecule has 3 aromatic rings. The van der Waals surface area contributed by atoms with Crippen molar-refractivity contribution in [3.63, 3.8) is 0 Å². The standard InChI is InChI=1S/C26H34ClN7/c1-2-22-24(28)29-18-30-26(22)33-12-8-19(9-13-33)25-31-23(20-6-5-7-21(27)16-20)17-34(25)15-14-32-10-3-4-11-32/h5-7,16-19H,2-4,8-15H2,1H3,(H2,28,29,30). The predicted molar refractivity (Wildman–Crippen MR) is 138 cm³/mol. The molecule has 2 aliphatic rings. The van der Waals surface area contributed by atoms with Crippen LogP contribution in [0.1, 0.15) is 49.9 Å². The van der Waals surface area contributed by atoms with Crippen LogP contribution >= 0.6 is 11.6 Å². The summed E-state index contributed by atoms with van der Waals surface area (Å²) in [6.45, 7) is 8.48. The van der Waals surface area contributed by atoms with Crippen LogP contribution in [0, 0.1) is 0 Å². The maximum absolute atomic E-state index is 6.28. The second-order valence-corrected chi connectivity index (χ2v) is 9.85. The number of hydrogen-bond donors (Lipinski definition) is 1. The van der Waals surface area contributed by atoms with E-state index in [1.54, 1.807) is 6.33 Å². The molecule has 0 aliphatic carbocycles. The third-order valence-electron chi connectivity index (χ3n) is 7.25. The van der Waals surface area contributed by atoms with Gasteiger partial charge in [-0.15, -0.1) is 0 Å². The van der Waals surface area contributed by atoms with Gasteiger partial charge in [-0.25, -0.2) is 15.0 Å². The Bertz CT molecular complexity index is 1110. The molecule has 180 valence electrons. The third-order valence-corrected chi connectivity index (χ3v) is 7.49. The van der Waals surface area contributed by atoms with Crippen molar-refractivity contribution in [2.24, 2.45) is 0 Å². The predicted octanol–water partition coefficient (Wildman–Crippen LogP) is 4.62. The van der Waals surface area contributed by atoms with Gasteiger partial charge in [0.25, 0.3) is 0 Å². The van der Waals surface area contributed by atoms with Gasteiger partial charge in [0.1, 0.15) is 23.8 Å². The first kappa shape index (κ1) is 23.1. The molecule has 0 spiro atoms. The SMILES string of the molecule is CCc1c(N)ncnc1N1CCC(c2nc(-c3cccc(Cl)c3)cn2CCN2CCCC2)CC1. The van der Waals surface area contributed by atoms with E-state index < -0.39 is 0 Å². The second kappa shape index (κ2) is 10.3. The van der Waals surface area contributed by atoms with Crippen LogP contribution < -0.4 is 10.6 Å². The lowest BCUT2D eigenvalue weighted by molar-refractivity contribution is 0.317. The van der Waals surface area contributed by atoms with Crippen molar-refractivity contribution in [2.75, 3.05) is 43.4 Å². The molecule has 0 bridgehead atoms. The monoisotopic (exact) mass is 479 g/mol. The molecule has 2 aliphatic heterocycles. The van der Waals surface area contributed by atoms with Crippen LogP contribution in [0.4, 0.5) is 11.6 Å². The molecule has 0 saturated carbocycles. The molecule has 34 heavy (non-hydrogen) atoms. The fraction of sp³-hybridized carbons (Fsp3) is 0.500. The second-order valence-electron chi connectivity index (χ2n) is 9.41. The Labute approximate surface area is 207 Å². The number of hydrogen-bond acceptors (Lipinski definition) is 6. The summed E-state index contributed by atoms with van der Waals surface area (Å²) in [5, 5.41) is 0.745. The molecule has 0 atom stereocenters. The zero-order chi connectivity index (χ0) is 23.5. The first-order valence-electron chi connectivity index (χ1n) is 12.5. The number of nitrogens with zero attached hydrogens (tertiary/aromatic N) is 6. The number of nitrogen functional groups attached to an aromatic ring is 1. The third kappa shape index (κ3) is 4.91.